The van der Waals surface area contributed by atoms with Gasteiger partial charge in [0.05, 0.1) is 28.5 Å². The summed E-state index contributed by atoms with van der Waals surface area (Å²) in [7, 11) is 1.56. The first-order valence-corrected chi connectivity index (χ1v) is 15.2. The molecule has 46 heavy (non-hydrogen) atoms. The van der Waals surface area contributed by atoms with Crippen LogP contribution in [-0.4, -0.2) is 28.2 Å². The molecule has 0 spiro atoms. The molecule has 4 aromatic carbocycles. The van der Waals surface area contributed by atoms with Crippen LogP contribution in [-0.2, 0) is 11.4 Å². The molecule has 1 aromatic heterocycles. The number of methoxy groups -OCH3 is 1. The molecule has 10 heteroatoms. The molecule has 1 atom stereocenters. The van der Waals surface area contributed by atoms with E-state index in [2.05, 4.69) is 11.4 Å². The van der Waals surface area contributed by atoms with E-state index in [9.17, 15) is 20.2 Å². The SMILES string of the molecule is COc1cc(-c2cc(-c3ccccc3)nc(SC(C)C(=O)Nc3ccc(C)c([N+](=O)[O-])c3)c2C#N)ccc1OCc1ccccc1. The molecule has 9 nitrogen and oxygen atoms in total. The number of nitriles is 1. The second-order valence-electron chi connectivity index (χ2n) is 10.4. The van der Waals surface area contributed by atoms with Crippen LogP contribution in [0.4, 0.5) is 11.4 Å². The molecule has 0 fully saturated rings. The average molecular weight is 631 g/mol. The van der Waals surface area contributed by atoms with E-state index in [0.717, 1.165) is 22.9 Å². The van der Waals surface area contributed by atoms with E-state index in [-0.39, 0.29) is 11.6 Å². The van der Waals surface area contributed by atoms with Crippen LogP contribution in [0.5, 0.6) is 11.5 Å². The Bertz CT molecular complexity index is 1930. The lowest BCUT2D eigenvalue weighted by molar-refractivity contribution is -0.385. The summed E-state index contributed by atoms with van der Waals surface area (Å²) in [4.78, 5) is 29.0. The van der Waals surface area contributed by atoms with Crippen LogP contribution in [0.15, 0.2) is 108 Å². The number of aromatic nitrogens is 1. The zero-order valence-electron chi connectivity index (χ0n) is 25.4. The van der Waals surface area contributed by atoms with Crippen LogP contribution in [0.3, 0.4) is 0 Å². The summed E-state index contributed by atoms with van der Waals surface area (Å²) in [5, 5.41) is 24.2. The highest BCUT2D eigenvalue weighted by Crippen LogP contribution is 2.39. The average Bonchev–Trinajstić information content (AvgIpc) is 3.08. The van der Waals surface area contributed by atoms with Crippen molar-refractivity contribution in [1.29, 1.82) is 5.26 Å². The number of hydrogen-bond donors (Lipinski definition) is 1. The predicted octanol–water partition coefficient (Wildman–Crippen LogP) is 8.21. The lowest BCUT2D eigenvalue weighted by Gasteiger charge is -2.17. The smallest absolute Gasteiger partial charge is 0.274 e. The van der Waals surface area contributed by atoms with E-state index in [1.807, 2.05) is 84.9 Å². The normalized spacial score (nSPS) is 11.3. The van der Waals surface area contributed by atoms with E-state index in [0.29, 0.717) is 56.8 Å². The number of amides is 1. The van der Waals surface area contributed by atoms with Gasteiger partial charge in [0.15, 0.2) is 11.5 Å². The van der Waals surface area contributed by atoms with Crippen LogP contribution < -0.4 is 14.8 Å². The van der Waals surface area contributed by atoms with Gasteiger partial charge in [-0.15, -0.1) is 0 Å². The Labute approximate surface area is 271 Å². The molecule has 0 aliphatic heterocycles. The second kappa shape index (κ2) is 14.4. The third-order valence-corrected chi connectivity index (χ3v) is 8.30. The minimum absolute atomic E-state index is 0.0846. The lowest BCUT2D eigenvalue weighted by Crippen LogP contribution is -2.22. The fraction of sp³-hybridized carbons (Fsp3) is 0.139. The van der Waals surface area contributed by atoms with Gasteiger partial charge in [0.1, 0.15) is 17.7 Å². The number of nitrogens with one attached hydrogen (secondary N) is 1. The molecule has 1 amide bonds. The number of aryl methyl sites for hydroxylation is 1. The number of ether oxygens (including phenoxy) is 2. The Balaban J connectivity index is 1.49. The van der Waals surface area contributed by atoms with Crippen LogP contribution in [0.25, 0.3) is 22.4 Å². The highest BCUT2D eigenvalue weighted by molar-refractivity contribution is 8.00. The third-order valence-electron chi connectivity index (χ3n) is 7.21. The number of anilines is 1. The van der Waals surface area contributed by atoms with Gasteiger partial charge in [-0.3, -0.25) is 14.9 Å². The number of nitro benzene ring substituents is 1. The van der Waals surface area contributed by atoms with E-state index < -0.39 is 10.2 Å². The molecule has 1 heterocycles. The number of nitrogens with zero attached hydrogens (tertiary/aromatic N) is 3. The Morgan fingerprint density at radius 2 is 1.70 bits per heavy atom. The van der Waals surface area contributed by atoms with Gasteiger partial charge < -0.3 is 14.8 Å². The lowest BCUT2D eigenvalue weighted by atomic mass is 9.99. The first-order chi connectivity index (χ1) is 22.3. The topological polar surface area (TPSA) is 127 Å². The highest BCUT2D eigenvalue weighted by Gasteiger charge is 2.23. The first kappa shape index (κ1) is 31.8. The largest absolute Gasteiger partial charge is 0.493 e. The van der Waals surface area contributed by atoms with Crippen molar-refractivity contribution < 1.29 is 19.2 Å². The van der Waals surface area contributed by atoms with Gasteiger partial charge in [-0.2, -0.15) is 5.26 Å². The number of benzene rings is 4. The van der Waals surface area contributed by atoms with Crippen LogP contribution >= 0.6 is 11.8 Å². The van der Waals surface area contributed by atoms with E-state index >= 15 is 0 Å². The molecular weight excluding hydrogens is 600 g/mol. The Kier molecular flexibility index (Phi) is 9.95. The van der Waals surface area contributed by atoms with Crippen molar-refractivity contribution in [1.82, 2.24) is 4.98 Å². The zero-order valence-corrected chi connectivity index (χ0v) is 26.2. The number of thioether (sulfide) groups is 1. The van der Waals surface area contributed by atoms with Crippen molar-refractivity contribution in [3.8, 4) is 40.0 Å². The van der Waals surface area contributed by atoms with Crippen molar-refractivity contribution >= 4 is 29.0 Å². The maximum Gasteiger partial charge on any atom is 0.274 e. The maximum absolute atomic E-state index is 13.2. The van der Waals surface area contributed by atoms with Gasteiger partial charge in [-0.05, 0) is 49.2 Å². The summed E-state index contributed by atoms with van der Waals surface area (Å²) in [6.07, 6.45) is 0. The minimum atomic E-state index is -0.692. The monoisotopic (exact) mass is 630 g/mol. The summed E-state index contributed by atoms with van der Waals surface area (Å²) in [6, 6.07) is 33.5. The molecule has 1 N–H and O–H groups in total. The summed E-state index contributed by atoms with van der Waals surface area (Å²) >= 11 is 1.14. The number of rotatable bonds is 11. The molecule has 0 bridgehead atoms. The Morgan fingerprint density at radius 3 is 2.37 bits per heavy atom. The van der Waals surface area contributed by atoms with Gasteiger partial charge >= 0.3 is 0 Å². The van der Waals surface area contributed by atoms with Gasteiger partial charge in [0.2, 0.25) is 5.91 Å². The van der Waals surface area contributed by atoms with Gasteiger partial charge in [0.25, 0.3) is 5.69 Å². The van der Waals surface area contributed by atoms with Crippen LogP contribution in [0.1, 0.15) is 23.6 Å². The van der Waals surface area contributed by atoms with E-state index in [1.54, 1.807) is 33.1 Å². The number of carbonyl (C=O) groups excluding carboxylic acids is 1. The summed E-state index contributed by atoms with van der Waals surface area (Å²) in [6.45, 7) is 3.70. The summed E-state index contributed by atoms with van der Waals surface area (Å²) < 4.78 is 11.7. The van der Waals surface area contributed by atoms with E-state index in [1.165, 1.54) is 6.07 Å². The fourth-order valence-electron chi connectivity index (χ4n) is 4.74. The van der Waals surface area contributed by atoms with Gasteiger partial charge in [0, 0.05) is 28.4 Å². The van der Waals surface area contributed by atoms with Crippen molar-refractivity contribution in [2.75, 3.05) is 12.4 Å². The highest BCUT2D eigenvalue weighted by atomic mass is 32.2. The van der Waals surface area contributed by atoms with E-state index in [4.69, 9.17) is 14.5 Å². The summed E-state index contributed by atoms with van der Waals surface area (Å²) in [5.74, 6) is 0.675. The summed E-state index contributed by atoms with van der Waals surface area (Å²) in [5.41, 5.74) is 4.83. The van der Waals surface area contributed by atoms with Crippen molar-refractivity contribution in [3.05, 3.63) is 130 Å². The van der Waals surface area contributed by atoms with Crippen molar-refractivity contribution in [3.63, 3.8) is 0 Å². The molecule has 230 valence electrons. The van der Waals surface area contributed by atoms with Crippen molar-refractivity contribution in [2.45, 2.75) is 30.7 Å². The third kappa shape index (κ3) is 7.34. The molecule has 5 rings (SSSR count). The van der Waals surface area contributed by atoms with Crippen LogP contribution in [0, 0.1) is 28.4 Å². The molecule has 0 aliphatic rings. The molecule has 0 saturated carbocycles. The Hall–Kier alpha value is -5.66. The fourth-order valence-corrected chi connectivity index (χ4v) is 5.66. The number of carbonyl (C=O) groups is 1. The molecular formula is C36H30N4O5S. The van der Waals surface area contributed by atoms with Crippen LogP contribution in [0.2, 0.25) is 0 Å². The van der Waals surface area contributed by atoms with Gasteiger partial charge in [-0.25, -0.2) is 4.98 Å². The number of hydrogen-bond acceptors (Lipinski definition) is 8. The molecule has 1 unspecified atom stereocenters. The first-order valence-electron chi connectivity index (χ1n) is 14.4. The van der Waals surface area contributed by atoms with Crippen molar-refractivity contribution in [2.24, 2.45) is 0 Å². The molecule has 0 saturated heterocycles. The van der Waals surface area contributed by atoms with Gasteiger partial charge in [-0.1, -0.05) is 84.6 Å². The maximum atomic E-state index is 13.2. The predicted molar refractivity (Wildman–Crippen MR) is 179 cm³/mol. The second-order valence-corrected chi connectivity index (χ2v) is 11.7. The molecule has 5 aromatic rings. The number of nitro groups is 1. The minimum Gasteiger partial charge on any atom is -0.493 e. The standard InChI is InChI=1S/C36H30N4O5S/c1-23-14-16-28(19-32(23)40(42)43)38-35(41)24(2)46-36-30(21-37)29(20-31(39-36)26-12-8-5-9-13-26)27-15-17-33(34(18-27)44-3)45-22-25-10-6-4-7-11-25/h4-20,24H,22H2,1-3H3,(H,38,41). The quantitative estimate of drug-likeness (QED) is 0.0879. The zero-order chi connectivity index (χ0) is 32.6. The molecule has 0 aliphatic carbocycles. The molecule has 0 radical (unpaired) electrons. The Morgan fingerprint density at radius 1 is 0.978 bits per heavy atom. The number of pyridine rings is 1.